The van der Waals surface area contributed by atoms with Crippen LogP contribution in [0.5, 0.6) is 0 Å². The third-order valence-corrected chi connectivity index (χ3v) is 6.23. The van der Waals surface area contributed by atoms with Gasteiger partial charge < -0.3 is 10.2 Å². The number of aromatic nitrogens is 4. The molecule has 5 rings (SSSR count). The molecular formula is C27H25FN6O2. The molecule has 0 aliphatic carbocycles. The number of hydrogen-bond acceptors (Lipinski definition) is 5. The van der Waals surface area contributed by atoms with Crippen LogP contribution in [0.2, 0.25) is 0 Å². The average Bonchev–Trinajstić information content (AvgIpc) is 3.57. The standard InChI is InChI=1S/C27H25FN6O2/c1-18-23(26(35)32-22-10-8-21(28)9-11-22)16-29-25(31-18)24-7-3-14-34(24)27(36)20-6-2-5-19(15-20)17-33-13-4-12-30-33/h2,4-6,8-13,15-16,24H,3,7,14,17H2,1H3,(H,32,35)/t24-/m1/s1. The molecule has 1 aliphatic heterocycles. The van der Waals surface area contributed by atoms with E-state index >= 15 is 0 Å². The molecule has 9 heteroatoms. The number of hydrogen-bond donors (Lipinski definition) is 1. The van der Waals surface area contributed by atoms with E-state index in [2.05, 4.69) is 20.4 Å². The van der Waals surface area contributed by atoms with E-state index in [4.69, 9.17) is 0 Å². The molecule has 0 unspecified atom stereocenters. The molecule has 1 N–H and O–H groups in total. The Hall–Kier alpha value is -4.40. The lowest BCUT2D eigenvalue weighted by atomic mass is 10.1. The molecule has 36 heavy (non-hydrogen) atoms. The molecule has 1 aliphatic rings. The fourth-order valence-corrected chi connectivity index (χ4v) is 4.43. The summed E-state index contributed by atoms with van der Waals surface area (Å²) in [6.45, 7) is 2.94. The van der Waals surface area contributed by atoms with Gasteiger partial charge in [0.15, 0.2) is 5.82 Å². The zero-order valence-electron chi connectivity index (χ0n) is 19.8. The van der Waals surface area contributed by atoms with Gasteiger partial charge in [-0.05, 0) is 67.8 Å². The molecule has 2 amide bonds. The van der Waals surface area contributed by atoms with Gasteiger partial charge in [-0.2, -0.15) is 5.10 Å². The molecule has 0 bridgehead atoms. The van der Waals surface area contributed by atoms with Gasteiger partial charge in [-0.25, -0.2) is 14.4 Å². The number of benzene rings is 2. The van der Waals surface area contributed by atoms with Crippen LogP contribution in [0.3, 0.4) is 0 Å². The Morgan fingerprint density at radius 3 is 2.72 bits per heavy atom. The maximum Gasteiger partial charge on any atom is 0.259 e. The second-order valence-electron chi connectivity index (χ2n) is 8.75. The largest absolute Gasteiger partial charge is 0.328 e. The fraction of sp³-hybridized carbons (Fsp3) is 0.222. The van der Waals surface area contributed by atoms with E-state index < -0.39 is 0 Å². The van der Waals surface area contributed by atoms with Crippen molar-refractivity contribution in [3.63, 3.8) is 0 Å². The monoisotopic (exact) mass is 484 g/mol. The Kier molecular flexibility index (Phi) is 6.53. The minimum Gasteiger partial charge on any atom is -0.328 e. The summed E-state index contributed by atoms with van der Waals surface area (Å²) in [6, 6.07) is 14.7. The van der Waals surface area contributed by atoms with E-state index in [-0.39, 0.29) is 23.7 Å². The average molecular weight is 485 g/mol. The number of carbonyl (C=O) groups excluding carboxylic acids is 2. The van der Waals surface area contributed by atoms with Crippen molar-refractivity contribution in [2.24, 2.45) is 0 Å². The molecule has 2 aromatic carbocycles. The molecule has 4 aromatic rings. The molecule has 182 valence electrons. The van der Waals surface area contributed by atoms with Gasteiger partial charge in [-0.3, -0.25) is 14.3 Å². The van der Waals surface area contributed by atoms with Crippen LogP contribution in [0.4, 0.5) is 10.1 Å². The summed E-state index contributed by atoms with van der Waals surface area (Å²) in [5.41, 5.74) is 2.92. The lowest BCUT2D eigenvalue weighted by Gasteiger charge is -2.24. The van der Waals surface area contributed by atoms with Gasteiger partial charge >= 0.3 is 0 Å². The fourth-order valence-electron chi connectivity index (χ4n) is 4.43. The zero-order chi connectivity index (χ0) is 25.1. The zero-order valence-corrected chi connectivity index (χ0v) is 19.8. The Labute approximate surface area is 207 Å². The molecule has 0 radical (unpaired) electrons. The van der Waals surface area contributed by atoms with E-state index in [1.54, 1.807) is 18.0 Å². The maximum atomic E-state index is 13.4. The number of amides is 2. The van der Waals surface area contributed by atoms with Crippen molar-refractivity contribution in [2.75, 3.05) is 11.9 Å². The summed E-state index contributed by atoms with van der Waals surface area (Å²) in [6.07, 6.45) is 6.69. The molecule has 2 aromatic heterocycles. The van der Waals surface area contributed by atoms with Gasteiger partial charge in [0, 0.05) is 36.4 Å². The Balaban J connectivity index is 1.32. The van der Waals surface area contributed by atoms with Gasteiger partial charge in [-0.1, -0.05) is 12.1 Å². The van der Waals surface area contributed by atoms with Crippen molar-refractivity contribution in [3.05, 3.63) is 107 Å². The number of anilines is 1. The van der Waals surface area contributed by atoms with Crippen LogP contribution in [-0.4, -0.2) is 43.0 Å². The first-order chi connectivity index (χ1) is 17.5. The first kappa shape index (κ1) is 23.3. The van der Waals surface area contributed by atoms with Crippen molar-refractivity contribution in [3.8, 4) is 0 Å². The number of halogens is 1. The lowest BCUT2D eigenvalue weighted by molar-refractivity contribution is 0.0729. The molecule has 1 fully saturated rings. The summed E-state index contributed by atoms with van der Waals surface area (Å²) in [7, 11) is 0. The Bertz CT molecular complexity index is 1390. The number of likely N-dealkylation sites (tertiary alicyclic amines) is 1. The van der Waals surface area contributed by atoms with E-state index in [0.29, 0.717) is 41.4 Å². The number of nitrogens with zero attached hydrogens (tertiary/aromatic N) is 5. The van der Waals surface area contributed by atoms with Crippen LogP contribution in [0.25, 0.3) is 0 Å². The van der Waals surface area contributed by atoms with E-state index in [9.17, 15) is 14.0 Å². The first-order valence-electron chi connectivity index (χ1n) is 11.8. The number of aryl methyl sites for hydroxylation is 1. The highest BCUT2D eigenvalue weighted by Gasteiger charge is 2.33. The van der Waals surface area contributed by atoms with Crippen molar-refractivity contribution < 1.29 is 14.0 Å². The van der Waals surface area contributed by atoms with Crippen LogP contribution >= 0.6 is 0 Å². The van der Waals surface area contributed by atoms with Crippen LogP contribution in [-0.2, 0) is 6.54 Å². The second-order valence-corrected chi connectivity index (χ2v) is 8.75. The van der Waals surface area contributed by atoms with Crippen molar-refractivity contribution >= 4 is 17.5 Å². The summed E-state index contributed by atoms with van der Waals surface area (Å²) >= 11 is 0. The summed E-state index contributed by atoms with van der Waals surface area (Å²) < 4.78 is 14.9. The minimum absolute atomic E-state index is 0.0702. The van der Waals surface area contributed by atoms with E-state index in [1.165, 1.54) is 30.5 Å². The summed E-state index contributed by atoms with van der Waals surface area (Å²) in [5, 5.41) is 6.96. The predicted octanol–water partition coefficient (Wildman–Crippen LogP) is 4.40. The first-order valence-corrected chi connectivity index (χ1v) is 11.8. The number of carbonyl (C=O) groups is 2. The highest BCUT2D eigenvalue weighted by atomic mass is 19.1. The quantitative estimate of drug-likeness (QED) is 0.438. The molecule has 0 saturated carbocycles. The van der Waals surface area contributed by atoms with Gasteiger partial charge in [0.1, 0.15) is 5.82 Å². The highest BCUT2D eigenvalue weighted by Crippen LogP contribution is 2.31. The van der Waals surface area contributed by atoms with Crippen molar-refractivity contribution in [2.45, 2.75) is 32.4 Å². The Morgan fingerprint density at radius 1 is 1.14 bits per heavy atom. The highest BCUT2D eigenvalue weighted by molar-refractivity contribution is 6.04. The molecular weight excluding hydrogens is 459 g/mol. The Morgan fingerprint density at radius 2 is 1.97 bits per heavy atom. The molecule has 8 nitrogen and oxygen atoms in total. The third kappa shape index (κ3) is 5.00. The predicted molar refractivity (Wildman–Crippen MR) is 132 cm³/mol. The smallest absolute Gasteiger partial charge is 0.259 e. The van der Waals surface area contributed by atoms with Gasteiger partial charge in [0.25, 0.3) is 11.8 Å². The summed E-state index contributed by atoms with van der Waals surface area (Å²) in [5.74, 6) is -0.306. The van der Waals surface area contributed by atoms with Gasteiger partial charge in [0.2, 0.25) is 0 Å². The molecule has 1 atom stereocenters. The van der Waals surface area contributed by atoms with Gasteiger partial charge in [0.05, 0.1) is 23.8 Å². The van der Waals surface area contributed by atoms with Crippen LogP contribution < -0.4 is 5.32 Å². The van der Waals surface area contributed by atoms with Crippen LogP contribution in [0.1, 0.15) is 56.7 Å². The van der Waals surface area contributed by atoms with E-state index in [0.717, 1.165) is 18.4 Å². The van der Waals surface area contributed by atoms with Crippen molar-refractivity contribution in [1.82, 2.24) is 24.6 Å². The third-order valence-electron chi connectivity index (χ3n) is 6.23. The normalized spacial score (nSPS) is 15.2. The summed E-state index contributed by atoms with van der Waals surface area (Å²) in [4.78, 5) is 37.0. The number of rotatable bonds is 6. The maximum absolute atomic E-state index is 13.4. The van der Waals surface area contributed by atoms with Gasteiger partial charge in [-0.15, -0.1) is 0 Å². The SMILES string of the molecule is Cc1nc([C@H]2CCCN2C(=O)c2cccc(Cn3cccn3)c2)ncc1C(=O)Nc1ccc(F)cc1. The molecule has 0 spiro atoms. The number of nitrogens with one attached hydrogen (secondary N) is 1. The van der Waals surface area contributed by atoms with E-state index in [1.807, 2.05) is 41.2 Å². The minimum atomic E-state index is -0.378. The second kappa shape index (κ2) is 10.1. The topological polar surface area (TPSA) is 93.0 Å². The van der Waals surface area contributed by atoms with Crippen LogP contribution in [0.15, 0.2) is 73.2 Å². The molecule has 3 heterocycles. The van der Waals surface area contributed by atoms with Crippen molar-refractivity contribution in [1.29, 1.82) is 0 Å². The molecule has 1 saturated heterocycles. The lowest BCUT2D eigenvalue weighted by Crippen LogP contribution is -2.32. The van der Waals surface area contributed by atoms with Crippen LogP contribution in [0, 0.1) is 12.7 Å².